The minimum Gasteiger partial charge on any atom is -0.457 e. The van der Waals surface area contributed by atoms with Crippen molar-refractivity contribution in [2.45, 2.75) is 200 Å². The Morgan fingerprint density at radius 3 is 1.35 bits per heavy atom. The maximum atomic E-state index is 12.2. The fourth-order valence-electron chi connectivity index (χ4n) is 5.83. The van der Waals surface area contributed by atoms with E-state index in [0.717, 1.165) is 51.4 Å². The van der Waals surface area contributed by atoms with E-state index in [1.54, 1.807) is 0 Å². The van der Waals surface area contributed by atoms with E-state index in [2.05, 4.69) is 86.8 Å². The molecule has 0 bridgehead atoms. The number of aliphatic hydroxyl groups is 1. The second-order valence-electron chi connectivity index (χ2n) is 14.0. The number of esters is 1. The standard InChI is InChI=1S/C47H82O4/c1-3-5-7-9-11-13-15-17-19-21-22-23-24-25-27-29-31-33-35-37-39-41-43-50-45-46(44-48)51-47(49)42-40-38-36-34-32-30-28-26-20-18-16-14-12-10-8-6-4-2/h6,8,12,14,18,20-22,28,30,34,36,46,48H,3-5,7,9-11,13,15-17,19,23-27,29,31-33,35,37-45H2,1-2H3/b8-6-,14-12-,20-18-,22-21-,30-28-,36-34-. The first-order chi connectivity index (χ1) is 25.2. The molecule has 0 heterocycles. The molecule has 0 aliphatic heterocycles. The first-order valence-electron chi connectivity index (χ1n) is 21.5. The lowest BCUT2D eigenvalue weighted by atomic mass is 10.1. The Kier molecular flexibility index (Phi) is 42.1. The van der Waals surface area contributed by atoms with Gasteiger partial charge in [0.2, 0.25) is 0 Å². The van der Waals surface area contributed by atoms with Gasteiger partial charge in [0.05, 0.1) is 13.2 Å². The summed E-state index contributed by atoms with van der Waals surface area (Å²) < 4.78 is 11.1. The van der Waals surface area contributed by atoms with Crippen molar-refractivity contribution in [3.05, 3.63) is 72.9 Å². The molecule has 294 valence electrons. The number of allylic oxidation sites excluding steroid dienone is 12. The average molecular weight is 711 g/mol. The number of hydrogen-bond acceptors (Lipinski definition) is 4. The zero-order chi connectivity index (χ0) is 37.0. The first kappa shape index (κ1) is 48.8. The lowest BCUT2D eigenvalue weighted by molar-refractivity contribution is -0.154. The Hall–Kier alpha value is -2.17. The van der Waals surface area contributed by atoms with Gasteiger partial charge in [0.25, 0.3) is 0 Å². The summed E-state index contributed by atoms with van der Waals surface area (Å²) in [6, 6.07) is 0. The third-order valence-electron chi connectivity index (χ3n) is 9.02. The van der Waals surface area contributed by atoms with Crippen molar-refractivity contribution in [2.75, 3.05) is 19.8 Å². The van der Waals surface area contributed by atoms with Crippen LogP contribution in [0.3, 0.4) is 0 Å². The van der Waals surface area contributed by atoms with Crippen LogP contribution in [-0.2, 0) is 14.3 Å². The Labute approximate surface area is 317 Å². The normalized spacial score (nSPS) is 13.1. The number of hydrogen-bond donors (Lipinski definition) is 1. The molecule has 0 spiro atoms. The summed E-state index contributed by atoms with van der Waals surface area (Å²) in [5, 5.41) is 9.59. The van der Waals surface area contributed by atoms with Crippen LogP contribution in [0.25, 0.3) is 0 Å². The van der Waals surface area contributed by atoms with Gasteiger partial charge in [-0.15, -0.1) is 0 Å². The SMILES string of the molecule is CC/C=C\C/C=C\C/C=C\C/C=C\C/C=C\CCCC(=O)OC(CO)COCCCCCCCCCCCC/C=C\CCCCCCCCCC. The van der Waals surface area contributed by atoms with Crippen LogP contribution in [0.15, 0.2) is 72.9 Å². The van der Waals surface area contributed by atoms with Crippen molar-refractivity contribution in [1.82, 2.24) is 0 Å². The summed E-state index contributed by atoms with van der Waals surface area (Å²) in [5.41, 5.74) is 0. The van der Waals surface area contributed by atoms with Crippen molar-refractivity contribution < 1.29 is 19.4 Å². The van der Waals surface area contributed by atoms with Gasteiger partial charge in [-0.05, 0) is 77.0 Å². The molecule has 51 heavy (non-hydrogen) atoms. The van der Waals surface area contributed by atoms with Gasteiger partial charge in [-0.25, -0.2) is 0 Å². The van der Waals surface area contributed by atoms with Crippen LogP contribution >= 0.6 is 0 Å². The highest BCUT2D eigenvalue weighted by atomic mass is 16.6. The molecule has 0 fully saturated rings. The summed E-state index contributed by atoms with van der Waals surface area (Å²) in [4.78, 5) is 12.2. The van der Waals surface area contributed by atoms with Gasteiger partial charge in [0.1, 0.15) is 6.10 Å². The predicted octanol–water partition coefficient (Wildman–Crippen LogP) is 14.2. The van der Waals surface area contributed by atoms with Gasteiger partial charge in [0.15, 0.2) is 0 Å². The Bertz CT molecular complexity index is 881. The van der Waals surface area contributed by atoms with Crippen LogP contribution in [0.2, 0.25) is 0 Å². The summed E-state index contributed by atoms with van der Waals surface area (Å²) in [7, 11) is 0. The lowest BCUT2D eigenvalue weighted by Gasteiger charge is -2.15. The van der Waals surface area contributed by atoms with Crippen molar-refractivity contribution >= 4 is 5.97 Å². The Balaban J connectivity index is 3.51. The van der Waals surface area contributed by atoms with Gasteiger partial charge < -0.3 is 14.6 Å². The molecular weight excluding hydrogens is 629 g/mol. The van der Waals surface area contributed by atoms with Gasteiger partial charge in [-0.3, -0.25) is 4.79 Å². The van der Waals surface area contributed by atoms with E-state index in [1.165, 1.54) is 122 Å². The van der Waals surface area contributed by atoms with Crippen molar-refractivity contribution in [3.63, 3.8) is 0 Å². The minimum atomic E-state index is -0.568. The van der Waals surface area contributed by atoms with Crippen LogP contribution in [-0.4, -0.2) is 37.0 Å². The highest BCUT2D eigenvalue weighted by Crippen LogP contribution is 2.13. The Morgan fingerprint density at radius 2 is 0.882 bits per heavy atom. The van der Waals surface area contributed by atoms with Crippen LogP contribution in [0.1, 0.15) is 194 Å². The van der Waals surface area contributed by atoms with E-state index >= 15 is 0 Å². The molecule has 1 atom stereocenters. The monoisotopic (exact) mass is 711 g/mol. The van der Waals surface area contributed by atoms with E-state index in [0.29, 0.717) is 13.0 Å². The summed E-state index contributed by atoms with van der Waals surface area (Å²) in [6.45, 7) is 5.17. The van der Waals surface area contributed by atoms with E-state index < -0.39 is 6.10 Å². The van der Waals surface area contributed by atoms with Crippen molar-refractivity contribution in [1.29, 1.82) is 0 Å². The smallest absolute Gasteiger partial charge is 0.306 e. The van der Waals surface area contributed by atoms with Crippen molar-refractivity contribution in [3.8, 4) is 0 Å². The van der Waals surface area contributed by atoms with E-state index in [4.69, 9.17) is 9.47 Å². The minimum absolute atomic E-state index is 0.198. The molecule has 0 rings (SSSR count). The fourth-order valence-corrected chi connectivity index (χ4v) is 5.83. The van der Waals surface area contributed by atoms with Gasteiger partial charge in [0, 0.05) is 13.0 Å². The summed E-state index contributed by atoms with van der Waals surface area (Å²) in [5.74, 6) is -0.258. The molecule has 4 nitrogen and oxygen atoms in total. The van der Waals surface area contributed by atoms with E-state index in [-0.39, 0.29) is 19.2 Å². The molecule has 0 aromatic heterocycles. The highest BCUT2D eigenvalue weighted by Gasteiger charge is 2.13. The topological polar surface area (TPSA) is 55.8 Å². The molecule has 0 aromatic rings. The molecule has 4 heteroatoms. The molecule has 0 amide bonds. The van der Waals surface area contributed by atoms with Gasteiger partial charge >= 0.3 is 5.97 Å². The number of carbonyl (C=O) groups excluding carboxylic acids is 1. The molecule has 0 radical (unpaired) electrons. The third-order valence-corrected chi connectivity index (χ3v) is 9.02. The largest absolute Gasteiger partial charge is 0.457 e. The van der Waals surface area contributed by atoms with Gasteiger partial charge in [-0.1, -0.05) is 183 Å². The average Bonchev–Trinajstić information content (AvgIpc) is 3.14. The maximum absolute atomic E-state index is 12.2. The summed E-state index contributed by atoms with van der Waals surface area (Å²) >= 11 is 0. The third kappa shape index (κ3) is 42.1. The quantitative estimate of drug-likeness (QED) is 0.0392. The number of rotatable bonds is 39. The zero-order valence-corrected chi connectivity index (χ0v) is 33.6. The lowest BCUT2D eigenvalue weighted by Crippen LogP contribution is -2.27. The molecular formula is C47H82O4. The molecule has 0 aliphatic carbocycles. The van der Waals surface area contributed by atoms with E-state index in [9.17, 15) is 9.90 Å². The molecule has 0 aliphatic rings. The molecule has 0 aromatic carbocycles. The number of aliphatic hydroxyl groups excluding tert-OH is 1. The molecule has 1 N–H and O–H groups in total. The number of unbranched alkanes of at least 4 members (excludes halogenated alkanes) is 19. The number of carbonyl (C=O) groups is 1. The zero-order valence-electron chi connectivity index (χ0n) is 33.6. The van der Waals surface area contributed by atoms with Crippen LogP contribution < -0.4 is 0 Å². The second-order valence-corrected chi connectivity index (χ2v) is 14.0. The van der Waals surface area contributed by atoms with Crippen molar-refractivity contribution in [2.24, 2.45) is 0 Å². The predicted molar refractivity (Wildman–Crippen MR) is 223 cm³/mol. The van der Waals surface area contributed by atoms with Crippen LogP contribution in [0.4, 0.5) is 0 Å². The second kappa shape index (κ2) is 44.0. The Morgan fingerprint density at radius 1 is 0.490 bits per heavy atom. The van der Waals surface area contributed by atoms with Crippen LogP contribution in [0.5, 0.6) is 0 Å². The van der Waals surface area contributed by atoms with Gasteiger partial charge in [-0.2, -0.15) is 0 Å². The molecule has 1 unspecified atom stereocenters. The maximum Gasteiger partial charge on any atom is 0.306 e. The highest BCUT2D eigenvalue weighted by molar-refractivity contribution is 5.69. The number of ether oxygens (including phenoxy) is 2. The molecule has 0 saturated heterocycles. The van der Waals surface area contributed by atoms with Crippen LogP contribution in [0, 0.1) is 0 Å². The first-order valence-corrected chi connectivity index (χ1v) is 21.5. The fraction of sp³-hybridized carbons (Fsp3) is 0.723. The molecule has 0 saturated carbocycles. The summed E-state index contributed by atoms with van der Waals surface area (Å²) in [6.07, 6.45) is 59.7. The van der Waals surface area contributed by atoms with E-state index in [1.807, 2.05) is 0 Å².